The molecule has 0 spiro atoms. The van der Waals surface area contributed by atoms with Crippen molar-refractivity contribution < 1.29 is 33.4 Å². The average Bonchev–Trinajstić information content (AvgIpc) is 2.93. The van der Waals surface area contributed by atoms with Gasteiger partial charge in [-0.05, 0) is 45.9 Å². The number of hydrogen-bond acceptors (Lipinski definition) is 7. The van der Waals surface area contributed by atoms with Gasteiger partial charge in [0, 0.05) is 42.3 Å². The van der Waals surface area contributed by atoms with Gasteiger partial charge in [0.2, 0.25) is 11.8 Å². The molecule has 1 aliphatic heterocycles. The van der Waals surface area contributed by atoms with E-state index < -0.39 is 30.1 Å². The van der Waals surface area contributed by atoms with Crippen LogP contribution < -0.4 is 16.0 Å². The predicted molar refractivity (Wildman–Crippen MR) is 172 cm³/mol. The number of methoxy groups -OCH3 is 1. The molecule has 0 aromatic carbocycles. The first-order valence-corrected chi connectivity index (χ1v) is 15.1. The first-order chi connectivity index (χ1) is 20.7. The maximum atomic E-state index is 12.8. The van der Waals surface area contributed by atoms with Crippen LogP contribution in [0.5, 0.6) is 0 Å². The summed E-state index contributed by atoms with van der Waals surface area (Å²) < 4.78 is 15.9. The highest BCUT2D eigenvalue weighted by atomic mass is 35.5. The van der Waals surface area contributed by atoms with E-state index in [0.717, 1.165) is 5.57 Å². The molecule has 0 saturated carbocycles. The number of hydrogen-bond donors (Lipinski definition) is 3. The van der Waals surface area contributed by atoms with E-state index in [9.17, 15) is 19.2 Å². The van der Waals surface area contributed by atoms with Crippen LogP contribution in [-0.2, 0) is 28.6 Å². The minimum absolute atomic E-state index is 0.0145. The quantitative estimate of drug-likeness (QED) is 0.112. The largest absolute Gasteiger partial charge is 0.490 e. The average molecular weight is 634 g/mol. The lowest BCUT2D eigenvalue weighted by molar-refractivity contribution is -0.151. The lowest BCUT2D eigenvalue weighted by Gasteiger charge is -2.25. The van der Waals surface area contributed by atoms with Gasteiger partial charge in [0.1, 0.15) is 18.2 Å². The molecule has 10 nitrogen and oxygen atoms in total. The van der Waals surface area contributed by atoms with E-state index in [0.29, 0.717) is 24.3 Å². The van der Waals surface area contributed by atoms with Crippen LogP contribution in [0.25, 0.3) is 0 Å². The first-order valence-electron chi connectivity index (χ1n) is 14.8. The number of carbonyl (C=O) groups is 4. The molecule has 3 N–H and O–H groups in total. The molecule has 44 heavy (non-hydrogen) atoms. The molecule has 0 aliphatic carbocycles. The van der Waals surface area contributed by atoms with E-state index in [1.54, 1.807) is 37.3 Å². The summed E-state index contributed by atoms with van der Waals surface area (Å²) >= 11 is 5.93. The topological polar surface area (TPSA) is 132 Å². The summed E-state index contributed by atoms with van der Waals surface area (Å²) in [6, 6.07) is -0.827. The number of nitrogens with one attached hydrogen (secondary N) is 3. The summed E-state index contributed by atoms with van der Waals surface area (Å²) in [5, 5.41) is 8.69. The number of halogens is 1. The molecule has 0 bridgehead atoms. The zero-order chi connectivity index (χ0) is 33.2. The Hall–Kier alpha value is -3.79. The Labute approximate surface area is 266 Å². The van der Waals surface area contributed by atoms with Gasteiger partial charge in [-0.1, -0.05) is 74.4 Å². The van der Waals surface area contributed by atoms with E-state index >= 15 is 0 Å². The molecule has 0 radical (unpaired) electrons. The molecule has 0 fully saturated rings. The van der Waals surface area contributed by atoms with Gasteiger partial charge in [-0.3, -0.25) is 9.59 Å². The molecular formula is C33H48ClN3O7. The second kappa shape index (κ2) is 20.2. The van der Waals surface area contributed by atoms with E-state index in [2.05, 4.69) is 16.0 Å². The highest BCUT2D eigenvalue weighted by molar-refractivity contribution is 6.29. The smallest absolute Gasteiger partial charge is 0.407 e. The molecule has 244 valence electrons. The number of alkyl carbamates (subject to hydrolysis) is 1. The van der Waals surface area contributed by atoms with Crippen molar-refractivity contribution in [3.63, 3.8) is 0 Å². The second-order valence-corrected chi connectivity index (χ2v) is 11.8. The molecule has 1 aliphatic rings. The van der Waals surface area contributed by atoms with Crippen molar-refractivity contribution in [2.45, 2.75) is 92.0 Å². The number of esters is 1. The molecule has 1 heterocycles. The summed E-state index contributed by atoms with van der Waals surface area (Å²) in [5.74, 6) is -1.21. The van der Waals surface area contributed by atoms with Crippen molar-refractivity contribution in [3.05, 3.63) is 71.2 Å². The fraction of sp³-hybridized carbons (Fsp3) is 0.515. The maximum absolute atomic E-state index is 12.8. The van der Waals surface area contributed by atoms with Crippen molar-refractivity contribution in [2.75, 3.05) is 7.11 Å². The molecule has 0 aromatic rings. The summed E-state index contributed by atoms with van der Waals surface area (Å²) in [6.07, 6.45) is 15.2. The molecule has 4 atom stereocenters. The maximum Gasteiger partial charge on any atom is 0.407 e. The van der Waals surface area contributed by atoms with Gasteiger partial charge in [-0.2, -0.15) is 0 Å². The first kappa shape index (κ1) is 38.2. The number of amides is 3. The van der Waals surface area contributed by atoms with Gasteiger partial charge < -0.3 is 30.2 Å². The monoisotopic (exact) mass is 633 g/mol. The Bertz CT molecular complexity index is 1160. The Kier molecular flexibility index (Phi) is 17.6. The van der Waals surface area contributed by atoms with Crippen molar-refractivity contribution >= 4 is 35.5 Å². The van der Waals surface area contributed by atoms with Crippen LogP contribution in [0.15, 0.2) is 71.2 Å². The third kappa shape index (κ3) is 15.6. The standard InChI is InChI=1S/C33H48ClN3O7/c1-21(2)30(31(39)35-19-11-13-26(16-15-25(7)34)43-33(41)36-22(3)4)37-29(38)14-10-9-12-23(5)20-24(6)27-17-18-28(42-8)32(40)44-27/h9-12,14-15,18-22,24,26-27,30H,13,16-17H2,1-8H3,(H,35,39)(H,36,41)(H,37,38)/b12-9+,14-10-,19-11-,23-20+,25-15+. The zero-order valence-corrected chi connectivity index (χ0v) is 27.8. The number of rotatable bonds is 16. The van der Waals surface area contributed by atoms with Crippen molar-refractivity contribution in [2.24, 2.45) is 11.8 Å². The van der Waals surface area contributed by atoms with Crippen LogP contribution in [0.2, 0.25) is 0 Å². The highest BCUT2D eigenvalue weighted by Gasteiger charge is 2.27. The van der Waals surface area contributed by atoms with Crippen LogP contribution in [-0.4, -0.2) is 55.3 Å². The van der Waals surface area contributed by atoms with Crippen LogP contribution in [0.1, 0.15) is 67.7 Å². The molecule has 3 amide bonds. The summed E-state index contributed by atoms with van der Waals surface area (Å²) in [4.78, 5) is 49.2. The highest BCUT2D eigenvalue weighted by Crippen LogP contribution is 2.22. The Morgan fingerprint density at radius 3 is 2.34 bits per heavy atom. The molecule has 4 unspecified atom stereocenters. The van der Waals surface area contributed by atoms with Gasteiger partial charge in [0.15, 0.2) is 5.76 Å². The molecule has 0 saturated heterocycles. The third-order valence-electron chi connectivity index (χ3n) is 6.38. The van der Waals surface area contributed by atoms with Crippen molar-refractivity contribution in [3.8, 4) is 0 Å². The number of carbonyl (C=O) groups excluding carboxylic acids is 4. The van der Waals surface area contributed by atoms with Gasteiger partial charge in [-0.25, -0.2) is 9.59 Å². The van der Waals surface area contributed by atoms with Crippen molar-refractivity contribution in [1.29, 1.82) is 0 Å². The van der Waals surface area contributed by atoms with Gasteiger partial charge >= 0.3 is 12.1 Å². The summed E-state index contributed by atoms with van der Waals surface area (Å²) in [7, 11) is 1.44. The van der Waals surface area contributed by atoms with Crippen LogP contribution in [0.4, 0.5) is 4.79 Å². The Balaban J connectivity index is 2.66. The van der Waals surface area contributed by atoms with Crippen LogP contribution >= 0.6 is 11.6 Å². The molecular weight excluding hydrogens is 586 g/mol. The lowest BCUT2D eigenvalue weighted by atomic mass is 9.97. The van der Waals surface area contributed by atoms with Crippen LogP contribution in [0.3, 0.4) is 0 Å². The fourth-order valence-electron chi connectivity index (χ4n) is 4.06. The summed E-state index contributed by atoms with van der Waals surface area (Å²) in [5.41, 5.74) is 0.938. The lowest BCUT2D eigenvalue weighted by Crippen LogP contribution is -2.48. The minimum Gasteiger partial charge on any atom is -0.490 e. The predicted octanol–water partition coefficient (Wildman–Crippen LogP) is 5.72. The molecule has 0 aromatic heterocycles. The van der Waals surface area contributed by atoms with E-state index in [4.69, 9.17) is 25.8 Å². The third-order valence-corrected chi connectivity index (χ3v) is 6.53. The Morgan fingerprint density at radius 1 is 1.07 bits per heavy atom. The van der Waals surface area contributed by atoms with Crippen LogP contribution in [0, 0.1) is 11.8 Å². The summed E-state index contributed by atoms with van der Waals surface area (Å²) in [6.45, 7) is 13.0. The number of ether oxygens (including phenoxy) is 3. The molecule has 1 rings (SSSR count). The minimum atomic E-state index is -0.764. The normalized spacial score (nSPS) is 18.3. The van der Waals surface area contributed by atoms with Gasteiger partial charge in [-0.15, -0.1) is 0 Å². The van der Waals surface area contributed by atoms with Crippen molar-refractivity contribution in [1.82, 2.24) is 16.0 Å². The SMILES string of the molecule is COC1=CCC(C(C)/C=C(C)/C=C/C=C\C(=O)NC(C(=O)N/C=C\CC(C/C=C(\C)Cl)OC(=O)NC(C)C)C(C)C)OC1=O. The van der Waals surface area contributed by atoms with E-state index in [1.165, 1.54) is 19.4 Å². The Morgan fingerprint density at radius 2 is 1.75 bits per heavy atom. The fourth-order valence-corrected chi connectivity index (χ4v) is 4.15. The second-order valence-electron chi connectivity index (χ2n) is 11.2. The van der Waals surface area contributed by atoms with E-state index in [-0.39, 0.29) is 35.6 Å². The van der Waals surface area contributed by atoms with E-state index in [1.807, 2.05) is 53.7 Å². The zero-order valence-electron chi connectivity index (χ0n) is 27.0. The number of allylic oxidation sites excluding steroid dienone is 5. The molecule has 11 heteroatoms. The van der Waals surface area contributed by atoms with Gasteiger partial charge in [0.05, 0.1) is 7.11 Å². The number of cyclic esters (lactones) is 1. The van der Waals surface area contributed by atoms with Gasteiger partial charge in [0.25, 0.3) is 0 Å².